The third kappa shape index (κ3) is 3.98. The first kappa shape index (κ1) is 12.3. The maximum atomic E-state index is 5.80. The average Bonchev–Trinajstić information content (AvgIpc) is 2.71. The first-order valence-electron chi connectivity index (χ1n) is 5.50. The quantitative estimate of drug-likeness (QED) is 0.665. The lowest BCUT2D eigenvalue weighted by molar-refractivity contribution is 0.851. The number of hydrogen-bond donors (Lipinski definition) is 1. The van der Waals surface area contributed by atoms with E-state index in [2.05, 4.69) is 20.7 Å². The van der Waals surface area contributed by atoms with Crippen molar-refractivity contribution >= 4 is 28.6 Å². The number of hydrogen-bond acceptors (Lipinski definition) is 4. The van der Waals surface area contributed by atoms with E-state index in [1.54, 1.807) is 17.5 Å². The van der Waals surface area contributed by atoms with Crippen molar-refractivity contribution in [2.24, 2.45) is 0 Å². The molecule has 0 amide bonds. The highest BCUT2D eigenvalue weighted by Gasteiger charge is 1.98. The predicted molar refractivity (Wildman–Crippen MR) is 72.9 cm³/mol. The first-order chi connectivity index (χ1) is 8.24. The van der Waals surface area contributed by atoms with Crippen LogP contribution in [-0.4, -0.2) is 16.5 Å². The molecule has 0 fully saturated rings. The van der Waals surface area contributed by atoms with Gasteiger partial charge in [0, 0.05) is 35.9 Å². The van der Waals surface area contributed by atoms with Gasteiger partial charge in [-0.15, -0.1) is 11.3 Å². The number of pyridine rings is 1. The molecule has 0 unspecified atom stereocenters. The van der Waals surface area contributed by atoms with Gasteiger partial charge in [-0.05, 0) is 25.5 Å². The van der Waals surface area contributed by atoms with Crippen LogP contribution in [0.1, 0.15) is 17.1 Å². The van der Waals surface area contributed by atoms with Crippen molar-refractivity contribution in [3.63, 3.8) is 0 Å². The lowest BCUT2D eigenvalue weighted by atomic mass is 10.3. The van der Waals surface area contributed by atoms with Crippen LogP contribution in [0.4, 0.5) is 5.69 Å². The Morgan fingerprint density at radius 3 is 3.06 bits per heavy atom. The Kier molecular flexibility index (Phi) is 4.34. The van der Waals surface area contributed by atoms with Gasteiger partial charge in [0.05, 0.1) is 5.01 Å². The van der Waals surface area contributed by atoms with E-state index in [4.69, 9.17) is 11.6 Å². The highest BCUT2D eigenvalue weighted by atomic mass is 35.5. The first-order valence-corrected chi connectivity index (χ1v) is 6.76. The molecule has 0 aromatic carbocycles. The molecule has 0 aliphatic carbocycles. The van der Waals surface area contributed by atoms with Gasteiger partial charge in [0.2, 0.25) is 0 Å². The third-order valence-corrected chi connectivity index (χ3v) is 3.52. The molecule has 0 atom stereocenters. The molecule has 2 rings (SSSR count). The number of nitrogens with zero attached hydrogens (tertiary/aromatic N) is 2. The number of aryl methyl sites for hydroxylation is 2. The molecule has 0 aliphatic rings. The van der Waals surface area contributed by atoms with Crippen LogP contribution in [0.3, 0.4) is 0 Å². The molecular formula is C12H14ClN3S. The highest BCUT2D eigenvalue weighted by molar-refractivity contribution is 7.09. The minimum absolute atomic E-state index is 0.519. The summed E-state index contributed by atoms with van der Waals surface area (Å²) in [7, 11) is 0. The number of thiazole rings is 1. The van der Waals surface area contributed by atoms with Crippen molar-refractivity contribution in [2.75, 3.05) is 11.9 Å². The number of aromatic nitrogens is 2. The van der Waals surface area contributed by atoms with Crippen molar-refractivity contribution in [3.8, 4) is 0 Å². The molecule has 2 aromatic rings. The largest absolute Gasteiger partial charge is 0.385 e. The highest BCUT2D eigenvalue weighted by Crippen LogP contribution is 2.13. The minimum Gasteiger partial charge on any atom is -0.385 e. The molecule has 0 saturated heterocycles. The van der Waals surface area contributed by atoms with Crippen molar-refractivity contribution in [1.82, 2.24) is 9.97 Å². The van der Waals surface area contributed by atoms with E-state index in [-0.39, 0.29) is 0 Å². The molecule has 0 radical (unpaired) electrons. The second kappa shape index (κ2) is 5.98. The summed E-state index contributed by atoms with van der Waals surface area (Å²) in [6, 6.07) is 3.74. The maximum absolute atomic E-state index is 5.80. The van der Waals surface area contributed by atoms with Crippen molar-refractivity contribution in [3.05, 3.63) is 39.6 Å². The van der Waals surface area contributed by atoms with Crippen LogP contribution in [0.25, 0.3) is 0 Å². The fraction of sp³-hybridized carbons (Fsp3) is 0.333. The molecule has 0 bridgehead atoms. The monoisotopic (exact) mass is 267 g/mol. The molecule has 90 valence electrons. The van der Waals surface area contributed by atoms with Gasteiger partial charge >= 0.3 is 0 Å². The summed E-state index contributed by atoms with van der Waals surface area (Å²) >= 11 is 7.53. The Balaban J connectivity index is 1.73. The second-order valence-corrected chi connectivity index (χ2v) is 5.11. The van der Waals surface area contributed by atoms with Crippen molar-refractivity contribution < 1.29 is 0 Å². The maximum Gasteiger partial charge on any atom is 0.131 e. The Hall–Kier alpha value is -1.13. The second-order valence-electron chi connectivity index (χ2n) is 3.78. The zero-order chi connectivity index (χ0) is 12.1. The summed E-state index contributed by atoms with van der Waals surface area (Å²) in [6.45, 7) is 2.94. The summed E-state index contributed by atoms with van der Waals surface area (Å²) < 4.78 is 0. The summed E-state index contributed by atoms with van der Waals surface area (Å²) in [5.74, 6) is 0. The summed E-state index contributed by atoms with van der Waals surface area (Å²) in [6.07, 6.45) is 3.78. The van der Waals surface area contributed by atoms with Gasteiger partial charge in [-0.1, -0.05) is 11.6 Å². The molecular weight excluding hydrogens is 254 g/mol. The zero-order valence-electron chi connectivity index (χ0n) is 9.61. The lowest BCUT2D eigenvalue weighted by Gasteiger charge is -2.05. The van der Waals surface area contributed by atoms with Gasteiger partial charge in [0.15, 0.2) is 0 Å². The molecule has 2 heterocycles. The van der Waals surface area contributed by atoms with Crippen LogP contribution in [0.15, 0.2) is 23.7 Å². The van der Waals surface area contributed by atoms with Crippen LogP contribution in [-0.2, 0) is 6.42 Å². The predicted octanol–water partition coefficient (Wildman–Crippen LogP) is 3.54. The average molecular weight is 268 g/mol. The normalized spacial score (nSPS) is 10.5. The Morgan fingerprint density at radius 2 is 2.35 bits per heavy atom. The lowest BCUT2D eigenvalue weighted by Crippen LogP contribution is -2.03. The molecule has 0 aliphatic heterocycles. The zero-order valence-corrected chi connectivity index (χ0v) is 11.2. The number of anilines is 1. The van der Waals surface area contributed by atoms with E-state index >= 15 is 0 Å². The Morgan fingerprint density at radius 1 is 1.47 bits per heavy atom. The van der Waals surface area contributed by atoms with Gasteiger partial charge < -0.3 is 5.32 Å². The standard InChI is InChI=1S/C12H14ClN3S/c1-9-8-17-12(16-9)3-2-5-14-10-4-6-15-11(13)7-10/h4,6-8H,2-3,5H2,1H3,(H,14,15). The number of halogens is 1. The molecule has 1 N–H and O–H groups in total. The van der Waals surface area contributed by atoms with E-state index in [9.17, 15) is 0 Å². The van der Waals surface area contributed by atoms with E-state index in [1.165, 1.54) is 5.01 Å². The fourth-order valence-electron chi connectivity index (χ4n) is 1.50. The molecule has 17 heavy (non-hydrogen) atoms. The Bertz CT molecular complexity index is 484. The topological polar surface area (TPSA) is 37.8 Å². The van der Waals surface area contributed by atoms with E-state index in [1.807, 2.05) is 19.1 Å². The minimum atomic E-state index is 0.519. The molecule has 0 spiro atoms. The van der Waals surface area contributed by atoms with Gasteiger partial charge in [-0.2, -0.15) is 0 Å². The summed E-state index contributed by atoms with van der Waals surface area (Å²) in [5.41, 5.74) is 2.12. The van der Waals surface area contributed by atoms with E-state index < -0.39 is 0 Å². The number of nitrogens with one attached hydrogen (secondary N) is 1. The van der Waals surface area contributed by atoms with Gasteiger partial charge in [-0.25, -0.2) is 9.97 Å². The van der Waals surface area contributed by atoms with Gasteiger partial charge in [0.1, 0.15) is 5.15 Å². The summed E-state index contributed by atoms with van der Waals surface area (Å²) in [5, 5.41) is 7.13. The van der Waals surface area contributed by atoms with Crippen LogP contribution in [0.5, 0.6) is 0 Å². The van der Waals surface area contributed by atoms with Crippen molar-refractivity contribution in [1.29, 1.82) is 0 Å². The van der Waals surface area contributed by atoms with Crippen LogP contribution in [0, 0.1) is 6.92 Å². The summed E-state index contributed by atoms with van der Waals surface area (Å²) in [4.78, 5) is 8.36. The van der Waals surface area contributed by atoms with Gasteiger partial charge in [0.25, 0.3) is 0 Å². The third-order valence-electron chi connectivity index (χ3n) is 2.29. The SMILES string of the molecule is Cc1csc(CCCNc2ccnc(Cl)c2)n1. The van der Waals surface area contributed by atoms with E-state index in [0.29, 0.717) is 5.15 Å². The number of rotatable bonds is 5. The van der Waals surface area contributed by atoms with Crippen LogP contribution >= 0.6 is 22.9 Å². The smallest absolute Gasteiger partial charge is 0.131 e. The molecule has 0 saturated carbocycles. The van der Waals surface area contributed by atoms with E-state index in [0.717, 1.165) is 30.8 Å². The molecule has 5 heteroatoms. The fourth-order valence-corrected chi connectivity index (χ4v) is 2.49. The molecule has 2 aromatic heterocycles. The Labute approximate surface area is 110 Å². The van der Waals surface area contributed by atoms with Crippen LogP contribution < -0.4 is 5.32 Å². The van der Waals surface area contributed by atoms with Gasteiger partial charge in [-0.3, -0.25) is 0 Å². The van der Waals surface area contributed by atoms with Crippen molar-refractivity contribution in [2.45, 2.75) is 19.8 Å². The van der Waals surface area contributed by atoms with Crippen LogP contribution in [0.2, 0.25) is 5.15 Å². The molecule has 3 nitrogen and oxygen atoms in total.